The predicted molar refractivity (Wildman–Crippen MR) is 85.6 cm³/mol. The molecule has 0 aromatic heterocycles. The highest BCUT2D eigenvalue weighted by atomic mass is 127. The van der Waals surface area contributed by atoms with Gasteiger partial charge in [-0.05, 0) is 43.9 Å². The molecule has 0 radical (unpaired) electrons. The molecular formula is C12H22I2O3. The van der Waals surface area contributed by atoms with Crippen LogP contribution >= 0.6 is 45.2 Å². The molecule has 0 amide bonds. The molecule has 0 bridgehead atoms. The lowest BCUT2D eigenvalue weighted by atomic mass is 9.84. The molecule has 0 aromatic carbocycles. The van der Waals surface area contributed by atoms with Gasteiger partial charge in [-0.15, -0.1) is 0 Å². The Morgan fingerprint density at radius 1 is 1.18 bits per heavy atom. The Morgan fingerprint density at radius 3 is 2.24 bits per heavy atom. The number of rotatable bonds is 6. The zero-order chi connectivity index (χ0) is 13.1. The summed E-state index contributed by atoms with van der Waals surface area (Å²) in [6.07, 6.45) is 1.75. The van der Waals surface area contributed by atoms with Crippen molar-refractivity contribution in [3.63, 3.8) is 0 Å². The van der Waals surface area contributed by atoms with Gasteiger partial charge in [0.2, 0.25) is 0 Å². The van der Waals surface area contributed by atoms with Crippen molar-refractivity contribution in [3.05, 3.63) is 0 Å². The normalized spacial score (nSPS) is 33.0. The van der Waals surface area contributed by atoms with Gasteiger partial charge in [-0.25, -0.2) is 0 Å². The van der Waals surface area contributed by atoms with E-state index in [9.17, 15) is 5.11 Å². The molecule has 17 heavy (non-hydrogen) atoms. The van der Waals surface area contributed by atoms with E-state index >= 15 is 0 Å². The number of halogens is 2. The summed E-state index contributed by atoms with van der Waals surface area (Å²) in [5, 5.41) is 28.1. The first-order valence-electron chi connectivity index (χ1n) is 6.08. The van der Waals surface area contributed by atoms with E-state index in [0.717, 1.165) is 10.3 Å². The predicted octanol–water partition coefficient (Wildman–Crippen LogP) is 2.34. The third kappa shape index (κ3) is 5.46. The minimum Gasteiger partial charge on any atom is -0.390 e. The summed E-state index contributed by atoms with van der Waals surface area (Å²) in [5.74, 6) is 1.98. The summed E-state index contributed by atoms with van der Waals surface area (Å²) >= 11 is 4.86. The van der Waals surface area contributed by atoms with Crippen LogP contribution in [0.3, 0.4) is 0 Å². The van der Waals surface area contributed by atoms with Crippen molar-refractivity contribution in [1.82, 2.24) is 0 Å². The highest BCUT2D eigenvalue weighted by Crippen LogP contribution is 2.43. The number of hydrogen-bond donors (Lipinski definition) is 3. The fraction of sp³-hybridized carbons (Fsp3) is 1.00. The zero-order valence-corrected chi connectivity index (χ0v) is 14.5. The SMILES string of the molecule is CC(O)(CC(O)O)CC1CC(CI)CC1CI. The molecule has 3 N–H and O–H groups in total. The Kier molecular flexibility index (Phi) is 6.95. The highest BCUT2D eigenvalue weighted by Gasteiger charge is 2.37. The van der Waals surface area contributed by atoms with E-state index in [0.29, 0.717) is 18.3 Å². The Morgan fingerprint density at radius 2 is 1.76 bits per heavy atom. The topological polar surface area (TPSA) is 60.7 Å². The Balaban J connectivity index is 2.54. The van der Waals surface area contributed by atoms with Crippen LogP contribution in [0.5, 0.6) is 0 Å². The van der Waals surface area contributed by atoms with Crippen molar-refractivity contribution in [2.75, 3.05) is 8.86 Å². The van der Waals surface area contributed by atoms with Gasteiger partial charge in [-0.3, -0.25) is 0 Å². The van der Waals surface area contributed by atoms with Crippen LogP contribution in [0.1, 0.15) is 32.6 Å². The van der Waals surface area contributed by atoms with E-state index in [1.807, 2.05) is 0 Å². The van der Waals surface area contributed by atoms with E-state index < -0.39 is 11.9 Å². The van der Waals surface area contributed by atoms with E-state index in [2.05, 4.69) is 45.2 Å². The first kappa shape index (κ1) is 16.4. The van der Waals surface area contributed by atoms with Crippen LogP contribution in [-0.2, 0) is 0 Å². The average Bonchev–Trinajstić information content (AvgIpc) is 2.57. The molecule has 1 fully saturated rings. The molecule has 0 heterocycles. The van der Waals surface area contributed by atoms with Gasteiger partial charge >= 0.3 is 0 Å². The molecule has 102 valence electrons. The molecule has 3 nitrogen and oxygen atoms in total. The lowest BCUT2D eigenvalue weighted by Crippen LogP contribution is -2.33. The van der Waals surface area contributed by atoms with Crippen molar-refractivity contribution in [2.45, 2.75) is 44.5 Å². The standard InChI is InChI=1S/C12H22I2O3/c1-12(17,5-11(15)16)4-9-2-8(6-13)3-10(9)7-14/h8-11,15-17H,2-7H2,1H3. The van der Waals surface area contributed by atoms with Crippen LogP contribution in [0.25, 0.3) is 0 Å². The van der Waals surface area contributed by atoms with Gasteiger partial charge in [0.1, 0.15) is 0 Å². The summed E-state index contributed by atoms with van der Waals surface area (Å²) in [7, 11) is 0. The van der Waals surface area contributed by atoms with Gasteiger partial charge < -0.3 is 15.3 Å². The molecule has 1 saturated carbocycles. The molecule has 1 aliphatic rings. The number of alkyl halides is 2. The van der Waals surface area contributed by atoms with E-state index in [4.69, 9.17) is 10.2 Å². The largest absolute Gasteiger partial charge is 0.390 e. The smallest absolute Gasteiger partial charge is 0.154 e. The van der Waals surface area contributed by atoms with Crippen LogP contribution in [0.2, 0.25) is 0 Å². The van der Waals surface area contributed by atoms with Gasteiger partial charge in [-0.1, -0.05) is 45.2 Å². The molecule has 0 aromatic rings. The van der Waals surface area contributed by atoms with Crippen LogP contribution in [0.15, 0.2) is 0 Å². The maximum absolute atomic E-state index is 10.2. The molecule has 0 spiro atoms. The first-order chi connectivity index (χ1) is 7.88. The van der Waals surface area contributed by atoms with Crippen molar-refractivity contribution in [3.8, 4) is 0 Å². The Labute approximate surface area is 131 Å². The molecular weight excluding hydrogens is 446 g/mol. The van der Waals surface area contributed by atoms with E-state index in [1.165, 1.54) is 17.3 Å². The van der Waals surface area contributed by atoms with Gasteiger partial charge in [0.05, 0.1) is 5.60 Å². The average molecular weight is 468 g/mol. The van der Waals surface area contributed by atoms with Crippen molar-refractivity contribution < 1.29 is 15.3 Å². The van der Waals surface area contributed by atoms with Gasteiger partial charge in [-0.2, -0.15) is 0 Å². The highest BCUT2D eigenvalue weighted by molar-refractivity contribution is 14.1. The van der Waals surface area contributed by atoms with E-state index in [-0.39, 0.29) is 6.42 Å². The minimum atomic E-state index is -1.41. The van der Waals surface area contributed by atoms with Gasteiger partial charge in [0, 0.05) is 15.3 Å². The summed E-state index contributed by atoms with van der Waals surface area (Å²) in [4.78, 5) is 0. The second kappa shape index (κ2) is 7.21. The Bertz CT molecular complexity index is 234. The second-order valence-corrected chi connectivity index (χ2v) is 7.31. The molecule has 5 heteroatoms. The molecule has 0 aliphatic heterocycles. The van der Waals surface area contributed by atoms with Crippen LogP contribution in [0, 0.1) is 17.8 Å². The van der Waals surface area contributed by atoms with E-state index in [1.54, 1.807) is 6.92 Å². The Hall–Kier alpha value is 1.34. The molecule has 1 rings (SSSR count). The quantitative estimate of drug-likeness (QED) is 0.319. The minimum absolute atomic E-state index is 0.0480. The third-order valence-electron chi connectivity index (χ3n) is 3.68. The summed E-state index contributed by atoms with van der Waals surface area (Å²) in [5.41, 5.74) is -0.955. The summed E-state index contributed by atoms with van der Waals surface area (Å²) in [6, 6.07) is 0. The summed E-state index contributed by atoms with van der Waals surface area (Å²) < 4.78 is 2.32. The van der Waals surface area contributed by atoms with Crippen molar-refractivity contribution >= 4 is 45.2 Å². The second-order valence-electron chi connectivity index (χ2n) is 5.55. The molecule has 0 saturated heterocycles. The summed E-state index contributed by atoms with van der Waals surface area (Å²) in [6.45, 7) is 1.72. The lowest BCUT2D eigenvalue weighted by Gasteiger charge is -2.29. The maximum Gasteiger partial charge on any atom is 0.154 e. The fourth-order valence-electron chi connectivity index (χ4n) is 2.94. The zero-order valence-electron chi connectivity index (χ0n) is 10.1. The molecule has 4 unspecified atom stereocenters. The molecule has 1 aliphatic carbocycles. The maximum atomic E-state index is 10.2. The fourth-order valence-corrected chi connectivity index (χ4v) is 4.74. The number of aliphatic hydroxyl groups is 3. The first-order valence-corrected chi connectivity index (χ1v) is 9.13. The third-order valence-corrected chi connectivity index (χ3v) is 6.06. The van der Waals surface area contributed by atoms with Crippen LogP contribution in [0.4, 0.5) is 0 Å². The van der Waals surface area contributed by atoms with Crippen molar-refractivity contribution in [2.24, 2.45) is 17.8 Å². The lowest BCUT2D eigenvalue weighted by molar-refractivity contribution is -0.104. The van der Waals surface area contributed by atoms with Crippen LogP contribution < -0.4 is 0 Å². The number of aliphatic hydroxyl groups excluding tert-OH is 1. The monoisotopic (exact) mass is 468 g/mol. The number of hydrogen-bond acceptors (Lipinski definition) is 3. The van der Waals surface area contributed by atoms with Gasteiger partial charge in [0.15, 0.2) is 6.29 Å². The van der Waals surface area contributed by atoms with Crippen LogP contribution in [-0.4, -0.2) is 36.1 Å². The van der Waals surface area contributed by atoms with Gasteiger partial charge in [0.25, 0.3) is 0 Å². The molecule has 4 atom stereocenters. The van der Waals surface area contributed by atoms with Crippen molar-refractivity contribution in [1.29, 1.82) is 0 Å².